The van der Waals surface area contributed by atoms with Crippen molar-refractivity contribution in [1.29, 1.82) is 0 Å². The predicted octanol–water partition coefficient (Wildman–Crippen LogP) is 1.49. The summed E-state index contributed by atoms with van der Waals surface area (Å²) in [5.74, 6) is -0.756. The van der Waals surface area contributed by atoms with Gasteiger partial charge in [-0.2, -0.15) is 4.31 Å². The Labute approximate surface area is 143 Å². The molecule has 6 nitrogen and oxygen atoms in total. The summed E-state index contributed by atoms with van der Waals surface area (Å²) >= 11 is 0. The topological polar surface area (TPSA) is 86.7 Å². The number of nitrogens with zero attached hydrogens (tertiary/aromatic N) is 1. The second kappa shape index (κ2) is 8.63. The number of hydrogen-bond acceptors (Lipinski definition) is 4. The fourth-order valence-corrected chi connectivity index (χ4v) is 4.21. The number of benzene rings is 1. The van der Waals surface area contributed by atoms with Crippen LogP contribution in [-0.2, 0) is 14.8 Å². The first kappa shape index (κ1) is 19.9. The van der Waals surface area contributed by atoms with Crippen LogP contribution in [0.5, 0.6) is 0 Å². The average molecular weight is 363 g/mol. The molecule has 1 saturated heterocycles. The van der Waals surface area contributed by atoms with E-state index in [1.165, 1.54) is 4.31 Å². The fraction of sp³-hybridized carbons (Fsp3) is 0.533. The summed E-state index contributed by atoms with van der Waals surface area (Å²) in [6.07, 6.45) is 1.71. The van der Waals surface area contributed by atoms with E-state index in [0.717, 1.165) is 18.4 Å². The highest BCUT2D eigenvalue weighted by molar-refractivity contribution is 7.89. The van der Waals surface area contributed by atoms with Crippen LogP contribution in [0.4, 0.5) is 0 Å². The van der Waals surface area contributed by atoms with Crippen LogP contribution in [0, 0.1) is 12.8 Å². The molecule has 0 saturated carbocycles. The molecule has 0 amide bonds. The second-order valence-electron chi connectivity index (χ2n) is 5.71. The minimum Gasteiger partial charge on any atom is -0.480 e. The van der Waals surface area contributed by atoms with Crippen molar-refractivity contribution in [1.82, 2.24) is 9.62 Å². The molecule has 2 N–H and O–H groups in total. The number of hydrogen-bond donors (Lipinski definition) is 2. The van der Waals surface area contributed by atoms with E-state index in [4.69, 9.17) is 5.11 Å². The lowest BCUT2D eigenvalue weighted by Crippen LogP contribution is -2.43. The first-order valence-electron chi connectivity index (χ1n) is 7.39. The van der Waals surface area contributed by atoms with Gasteiger partial charge in [-0.1, -0.05) is 17.7 Å². The highest BCUT2D eigenvalue weighted by Gasteiger charge is 2.29. The summed E-state index contributed by atoms with van der Waals surface area (Å²) in [6, 6.07) is 6.86. The summed E-state index contributed by atoms with van der Waals surface area (Å²) in [4.78, 5) is 10.8. The fourth-order valence-electron chi connectivity index (χ4n) is 2.65. The van der Waals surface area contributed by atoms with Crippen molar-refractivity contribution in [2.24, 2.45) is 5.92 Å². The Bertz CT molecular complexity index is 619. The van der Waals surface area contributed by atoms with Crippen LogP contribution in [0.2, 0.25) is 0 Å². The third kappa shape index (κ3) is 5.46. The van der Waals surface area contributed by atoms with Crippen molar-refractivity contribution in [3.8, 4) is 0 Å². The molecule has 23 heavy (non-hydrogen) atoms. The first-order chi connectivity index (χ1) is 10.4. The highest BCUT2D eigenvalue weighted by atomic mass is 35.5. The number of piperidine rings is 1. The van der Waals surface area contributed by atoms with Gasteiger partial charge in [0.05, 0.1) is 11.4 Å². The maximum Gasteiger partial charge on any atom is 0.317 e. The van der Waals surface area contributed by atoms with Crippen molar-refractivity contribution in [2.45, 2.75) is 24.7 Å². The molecule has 8 heteroatoms. The molecule has 2 rings (SSSR count). The van der Waals surface area contributed by atoms with E-state index in [0.29, 0.717) is 24.5 Å². The van der Waals surface area contributed by atoms with Crippen LogP contribution < -0.4 is 5.32 Å². The Morgan fingerprint density at radius 2 is 2.00 bits per heavy atom. The Kier molecular flexibility index (Phi) is 7.47. The third-order valence-electron chi connectivity index (χ3n) is 3.85. The number of nitrogens with one attached hydrogen (secondary N) is 1. The summed E-state index contributed by atoms with van der Waals surface area (Å²) < 4.78 is 26.8. The quantitative estimate of drug-likeness (QED) is 0.800. The smallest absolute Gasteiger partial charge is 0.317 e. The minimum atomic E-state index is -3.46. The standard InChI is InChI=1S/C15H22N2O4S.ClH/c1-12-4-6-14(7-5-12)22(20,21)17-8-2-3-13(11-17)9-16-10-15(18)19;/h4-7,13,16H,2-3,8-11H2,1H3,(H,18,19);1H. The van der Waals surface area contributed by atoms with Crippen LogP contribution >= 0.6 is 12.4 Å². The maximum atomic E-state index is 12.6. The summed E-state index contributed by atoms with van der Waals surface area (Å²) in [5, 5.41) is 11.5. The van der Waals surface area contributed by atoms with Crippen LogP contribution in [0.25, 0.3) is 0 Å². The first-order valence-corrected chi connectivity index (χ1v) is 8.83. The molecule has 0 spiro atoms. The zero-order valence-corrected chi connectivity index (χ0v) is 14.7. The van der Waals surface area contributed by atoms with Gasteiger partial charge < -0.3 is 10.4 Å². The SMILES string of the molecule is Cc1ccc(S(=O)(=O)N2CCCC(CNCC(=O)O)C2)cc1.Cl. The monoisotopic (exact) mass is 362 g/mol. The van der Waals surface area contributed by atoms with Gasteiger partial charge in [0.1, 0.15) is 0 Å². The van der Waals surface area contributed by atoms with Crippen LogP contribution in [0.15, 0.2) is 29.2 Å². The van der Waals surface area contributed by atoms with Crippen molar-refractivity contribution < 1.29 is 18.3 Å². The number of carboxylic acids is 1. The number of carboxylic acid groups (broad SMARTS) is 1. The molecule has 0 bridgehead atoms. The van der Waals surface area contributed by atoms with Crippen molar-refractivity contribution in [2.75, 3.05) is 26.2 Å². The van der Waals surface area contributed by atoms with E-state index >= 15 is 0 Å². The number of sulfonamides is 1. The molecule has 1 fully saturated rings. The van der Waals surface area contributed by atoms with Gasteiger partial charge in [-0.15, -0.1) is 12.4 Å². The maximum absolute atomic E-state index is 12.6. The number of halogens is 1. The molecule has 130 valence electrons. The van der Waals surface area contributed by atoms with E-state index in [9.17, 15) is 13.2 Å². The van der Waals surface area contributed by atoms with Crippen LogP contribution in [0.1, 0.15) is 18.4 Å². The number of carbonyl (C=O) groups is 1. The predicted molar refractivity (Wildman–Crippen MR) is 90.4 cm³/mol. The molecule has 1 atom stereocenters. The van der Waals surface area contributed by atoms with E-state index in [1.54, 1.807) is 24.3 Å². The van der Waals surface area contributed by atoms with Gasteiger partial charge in [-0.3, -0.25) is 4.79 Å². The van der Waals surface area contributed by atoms with Crippen molar-refractivity contribution >= 4 is 28.4 Å². The van der Waals surface area contributed by atoms with E-state index in [1.807, 2.05) is 6.92 Å². The zero-order valence-electron chi connectivity index (χ0n) is 13.1. The average Bonchev–Trinajstić information content (AvgIpc) is 2.47. The van der Waals surface area contributed by atoms with Crippen LogP contribution in [-0.4, -0.2) is 50.0 Å². The van der Waals surface area contributed by atoms with Crippen LogP contribution in [0.3, 0.4) is 0 Å². The molecule has 0 aromatic heterocycles. The van der Waals surface area contributed by atoms with E-state index in [-0.39, 0.29) is 24.9 Å². The molecule has 1 heterocycles. The number of aliphatic carboxylic acids is 1. The number of rotatable bonds is 6. The molecule has 1 aromatic carbocycles. The van der Waals surface area contributed by atoms with Gasteiger partial charge in [-0.25, -0.2) is 8.42 Å². The zero-order chi connectivity index (χ0) is 16.2. The normalized spacial score (nSPS) is 19.1. The lowest BCUT2D eigenvalue weighted by atomic mass is 10.00. The lowest BCUT2D eigenvalue weighted by Gasteiger charge is -2.32. The molecule has 1 aromatic rings. The summed E-state index contributed by atoms with van der Waals surface area (Å²) in [6.45, 7) is 3.29. The van der Waals surface area contributed by atoms with Gasteiger partial charge in [0.15, 0.2) is 0 Å². The molecular formula is C15H23ClN2O4S. The molecule has 1 unspecified atom stereocenters. The van der Waals surface area contributed by atoms with Gasteiger partial charge in [-0.05, 0) is 44.4 Å². The molecule has 0 aliphatic carbocycles. The van der Waals surface area contributed by atoms with Crippen molar-refractivity contribution in [3.05, 3.63) is 29.8 Å². The Morgan fingerprint density at radius 1 is 1.35 bits per heavy atom. The van der Waals surface area contributed by atoms with Gasteiger partial charge in [0.2, 0.25) is 10.0 Å². The second-order valence-corrected chi connectivity index (χ2v) is 7.65. The Hall–Kier alpha value is -1.15. The largest absolute Gasteiger partial charge is 0.480 e. The van der Waals surface area contributed by atoms with Gasteiger partial charge >= 0.3 is 5.97 Å². The van der Waals surface area contributed by atoms with Gasteiger partial charge in [0, 0.05) is 13.1 Å². The third-order valence-corrected chi connectivity index (χ3v) is 5.73. The lowest BCUT2D eigenvalue weighted by molar-refractivity contribution is -0.136. The van der Waals surface area contributed by atoms with E-state index in [2.05, 4.69) is 5.32 Å². The highest BCUT2D eigenvalue weighted by Crippen LogP contribution is 2.23. The molecular weight excluding hydrogens is 340 g/mol. The van der Waals surface area contributed by atoms with Crippen molar-refractivity contribution in [3.63, 3.8) is 0 Å². The molecule has 1 aliphatic heterocycles. The Morgan fingerprint density at radius 3 is 2.61 bits per heavy atom. The van der Waals surface area contributed by atoms with Gasteiger partial charge in [0.25, 0.3) is 0 Å². The minimum absolute atomic E-state index is 0. The Balaban J connectivity index is 0.00000264. The molecule has 1 aliphatic rings. The van der Waals surface area contributed by atoms with E-state index < -0.39 is 16.0 Å². The summed E-state index contributed by atoms with van der Waals surface area (Å²) in [5.41, 5.74) is 1.02. The molecule has 0 radical (unpaired) electrons. The summed E-state index contributed by atoms with van der Waals surface area (Å²) in [7, 11) is -3.46. The number of aryl methyl sites for hydroxylation is 1.